The molecular weight excluding hydrogens is 200 g/mol. The summed E-state index contributed by atoms with van der Waals surface area (Å²) in [6.07, 6.45) is 0.491. The Labute approximate surface area is 96.9 Å². The summed E-state index contributed by atoms with van der Waals surface area (Å²) in [5, 5.41) is 8.54. The highest BCUT2D eigenvalue weighted by Crippen LogP contribution is 2.16. The Morgan fingerprint density at radius 1 is 1.44 bits per heavy atom. The van der Waals surface area contributed by atoms with Crippen LogP contribution in [-0.4, -0.2) is 23.6 Å². The molecule has 0 radical (unpaired) electrons. The van der Waals surface area contributed by atoms with Crippen molar-refractivity contribution in [2.45, 2.75) is 33.1 Å². The Kier molecular flexibility index (Phi) is 4.24. The minimum atomic E-state index is 0.393. The molecule has 1 aromatic rings. The van der Waals surface area contributed by atoms with Gasteiger partial charge in [0.2, 0.25) is 5.95 Å². The average molecular weight is 218 g/mol. The first-order chi connectivity index (χ1) is 7.54. The van der Waals surface area contributed by atoms with Crippen molar-refractivity contribution in [1.82, 2.24) is 9.97 Å². The summed E-state index contributed by atoms with van der Waals surface area (Å²) in [7, 11) is 1.91. The van der Waals surface area contributed by atoms with E-state index in [2.05, 4.69) is 29.9 Å². The SMILES string of the molecule is Cc1cc(C(C)C)nc(N(C)CCC#N)n1. The third kappa shape index (κ3) is 3.20. The Balaban J connectivity index is 2.92. The molecule has 1 rings (SSSR count). The van der Waals surface area contributed by atoms with Crippen LogP contribution >= 0.6 is 0 Å². The van der Waals surface area contributed by atoms with Gasteiger partial charge in [-0.2, -0.15) is 5.26 Å². The van der Waals surface area contributed by atoms with E-state index in [0.717, 1.165) is 11.4 Å². The summed E-state index contributed by atoms with van der Waals surface area (Å²) in [5.41, 5.74) is 2.02. The van der Waals surface area contributed by atoms with Gasteiger partial charge in [-0.1, -0.05) is 13.8 Å². The van der Waals surface area contributed by atoms with E-state index >= 15 is 0 Å². The monoisotopic (exact) mass is 218 g/mol. The molecule has 0 N–H and O–H groups in total. The van der Waals surface area contributed by atoms with Gasteiger partial charge in [-0.05, 0) is 18.9 Å². The molecule has 1 heterocycles. The fourth-order valence-electron chi connectivity index (χ4n) is 1.36. The molecule has 0 saturated heterocycles. The third-order valence-corrected chi connectivity index (χ3v) is 2.35. The summed E-state index contributed by atoms with van der Waals surface area (Å²) >= 11 is 0. The number of nitrogens with zero attached hydrogens (tertiary/aromatic N) is 4. The van der Waals surface area contributed by atoms with E-state index < -0.39 is 0 Å². The molecule has 0 unspecified atom stereocenters. The molecule has 0 aliphatic rings. The summed E-state index contributed by atoms with van der Waals surface area (Å²) in [4.78, 5) is 10.8. The molecule has 1 aromatic heterocycles. The Hall–Kier alpha value is -1.63. The molecule has 4 nitrogen and oxygen atoms in total. The average Bonchev–Trinajstić information content (AvgIpc) is 2.24. The Morgan fingerprint density at radius 2 is 2.12 bits per heavy atom. The van der Waals surface area contributed by atoms with Crippen LogP contribution in [-0.2, 0) is 0 Å². The second kappa shape index (κ2) is 5.45. The molecule has 0 spiro atoms. The van der Waals surface area contributed by atoms with Crippen molar-refractivity contribution < 1.29 is 0 Å². The fraction of sp³-hybridized carbons (Fsp3) is 0.583. The van der Waals surface area contributed by atoms with E-state index in [1.54, 1.807) is 0 Å². The van der Waals surface area contributed by atoms with Crippen LogP contribution in [0.5, 0.6) is 0 Å². The summed E-state index contributed by atoms with van der Waals surface area (Å²) < 4.78 is 0. The van der Waals surface area contributed by atoms with E-state index in [0.29, 0.717) is 24.8 Å². The van der Waals surface area contributed by atoms with E-state index in [9.17, 15) is 0 Å². The van der Waals surface area contributed by atoms with Gasteiger partial charge >= 0.3 is 0 Å². The second-order valence-corrected chi connectivity index (χ2v) is 4.22. The summed E-state index contributed by atoms with van der Waals surface area (Å²) in [6, 6.07) is 4.13. The quantitative estimate of drug-likeness (QED) is 0.777. The molecule has 86 valence electrons. The number of aromatic nitrogens is 2. The maximum absolute atomic E-state index is 8.54. The lowest BCUT2D eigenvalue weighted by molar-refractivity contribution is 0.783. The first-order valence-corrected chi connectivity index (χ1v) is 5.48. The smallest absolute Gasteiger partial charge is 0.225 e. The minimum Gasteiger partial charge on any atom is -0.343 e. The van der Waals surface area contributed by atoms with Gasteiger partial charge in [0, 0.05) is 25.0 Å². The van der Waals surface area contributed by atoms with Crippen molar-refractivity contribution in [2.24, 2.45) is 0 Å². The number of nitriles is 1. The molecule has 4 heteroatoms. The Morgan fingerprint density at radius 3 is 2.69 bits per heavy atom. The molecule has 0 bridgehead atoms. The van der Waals surface area contributed by atoms with Crippen molar-refractivity contribution >= 4 is 5.95 Å². The number of rotatable bonds is 4. The fourth-order valence-corrected chi connectivity index (χ4v) is 1.36. The van der Waals surface area contributed by atoms with Crippen molar-refractivity contribution in [1.29, 1.82) is 5.26 Å². The summed E-state index contributed by atoms with van der Waals surface area (Å²) in [5.74, 6) is 1.10. The van der Waals surface area contributed by atoms with E-state index in [1.165, 1.54) is 0 Å². The lowest BCUT2D eigenvalue weighted by Crippen LogP contribution is -2.21. The van der Waals surface area contributed by atoms with Crippen molar-refractivity contribution in [2.75, 3.05) is 18.5 Å². The van der Waals surface area contributed by atoms with Gasteiger partial charge in [0.05, 0.1) is 12.5 Å². The molecule has 0 aliphatic carbocycles. The predicted octanol–water partition coefficient (Wildman–Crippen LogP) is 2.26. The van der Waals surface area contributed by atoms with Gasteiger partial charge in [-0.3, -0.25) is 0 Å². The van der Waals surface area contributed by atoms with Gasteiger partial charge in [0.25, 0.3) is 0 Å². The van der Waals surface area contributed by atoms with Gasteiger partial charge in [-0.25, -0.2) is 9.97 Å². The zero-order chi connectivity index (χ0) is 12.1. The van der Waals surface area contributed by atoms with Crippen LogP contribution in [0.3, 0.4) is 0 Å². The lowest BCUT2D eigenvalue weighted by Gasteiger charge is -2.17. The van der Waals surface area contributed by atoms with E-state index in [1.807, 2.05) is 24.9 Å². The van der Waals surface area contributed by atoms with Crippen LogP contribution < -0.4 is 4.90 Å². The van der Waals surface area contributed by atoms with Crippen LogP contribution in [0.15, 0.2) is 6.07 Å². The molecule has 0 amide bonds. The molecule has 0 fully saturated rings. The number of hydrogen-bond acceptors (Lipinski definition) is 4. The lowest BCUT2D eigenvalue weighted by atomic mass is 10.1. The topological polar surface area (TPSA) is 52.8 Å². The zero-order valence-corrected chi connectivity index (χ0v) is 10.4. The van der Waals surface area contributed by atoms with E-state index in [-0.39, 0.29) is 0 Å². The highest BCUT2D eigenvalue weighted by Gasteiger charge is 2.08. The molecule has 0 aromatic carbocycles. The number of hydrogen-bond donors (Lipinski definition) is 0. The Bertz CT molecular complexity index is 392. The predicted molar refractivity (Wildman–Crippen MR) is 64.4 cm³/mol. The molecule has 0 atom stereocenters. The maximum atomic E-state index is 8.54. The van der Waals surface area contributed by atoms with Gasteiger partial charge in [0.15, 0.2) is 0 Å². The standard InChI is InChI=1S/C12H18N4/c1-9(2)11-8-10(3)14-12(15-11)16(4)7-5-6-13/h8-9H,5,7H2,1-4H3. The van der Waals surface area contributed by atoms with E-state index in [4.69, 9.17) is 5.26 Å². The first-order valence-electron chi connectivity index (χ1n) is 5.48. The van der Waals surface area contributed by atoms with Crippen LogP contribution in [0.2, 0.25) is 0 Å². The molecule has 16 heavy (non-hydrogen) atoms. The van der Waals surface area contributed by atoms with Crippen molar-refractivity contribution in [3.8, 4) is 6.07 Å². The highest BCUT2D eigenvalue weighted by atomic mass is 15.2. The van der Waals surface area contributed by atoms with Crippen LogP contribution in [0, 0.1) is 18.3 Å². The molecule has 0 aliphatic heterocycles. The second-order valence-electron chi connectivity index (χ2n) is 4.22. The van der Waals surface area contributed by atoms with Gasteiger partial charge in [-0.15, -0.1) is 0 Å². The van der Waals surface area contributed by atoms with Gasteiger partial charge in [0.1, 0.15) is 0 Å². The number of anilines is 1. The third-order valence-electron chi connectivity index (χ3n) is 2.35. The zero-order valence-electron chi connectivity index (χ0n) is 10.4. The van der Waals surface area contributed by atoms with Crippen molar-refractivity contribution in [3.05, 3.63) is 17.5 Å². The highest BCUT2D eigenvalue weighted by molar-refractivity contribution is 5.32. The van der Waals surface area contributed by atoms with Gasteiger partial charge < -0.3 is 4.90 Å². The van der Waals surface area contributed by atoms with Crippen LogP contribution in [0.25, 0.3) is 0 Å². The first kappa shape index (κ1) is 12.4. The van der Waals surface area contributed by atoms with Crippen LogP contribution in [0.1, 0.15) is 37.6 Å². The molecular formula is C12H18N4. The minimum absolute atomic E-state index is 0.393. The molecule has 0 saturated carbocycles. The summed E-state index contributed by atoms with van der Waals surface area (Å²) in [6.45, 7) is 6.86. The maximum Gasteiger partial charge on any atom is 0.225 e. The normalized spacial score (nSPS) is 10.2. The van der Waals surface area contributed by atoms with Crippen LogP contribution in [0.4, 0.5) is 5.95 Å². The van der Waals surface area contributed by atoms with Crippen molar-refractivity contribution in [3.63, 3.8) is 0 Å². The number of aryl methyl sites for hydroxylation is 1. The largest absolute Gasteiger partial charge is 0.343 e.